The number of ether oxygens (including phenoxy) is 1. The lowest BCUT2D eigenvalue weighted by molar-refractivity contribution is -0.138. The van der Waals surface area contributed by atoms with Crippen LogP contribution < -0.4 is 5.32 Å². The first-order valence-electron chi connectivity index (χ1n) is 6.54. The van der Waals surface area contributed by atoms with Crippen LogP contribution in [0.3, 0.4) is 0 Å². The third-order valence-corrected chi connectivity index (χ3v) is 4.95. The average molecular weight is 372 g/mol. The second kappa shape index (κ2) is 9.51. The molecule has 7 nitrogen and oxygen atoms in total. The SMILES string of the molecule is O=C(O)CCCOC1(NC(=O)CC(Cl)CS(=O)O)CC=CS1. The van der Waals surface area contributed by atoms with Crippen LogP contribution in [0, 0.1) is 0 Å². The zero-order chi connectivity index (χ0) is 16.6. The summed E-state index contributed by atoms with van der Waals surface area (Å²) in [5.41, 5.74) is 0. The van der Waals surface area contributed by atoms with E-state index in [-0.39, 0.29) is 31.1 Å². The number of amides is 1. The van der Waals surface area contributed by atoms with Crippen LogP contribution in [0.25, 0.3) is 0 Å². The van der Waals surface area contributed by atoms with Gasteiger partial charge in [0.25, 0.3) is 0 Å². The number of carbonyl (C=O) groups excluding carboxylic acids is 1. The van der Waals surface area contributed by atoms with Crippen LogP contribution in [-0.2, 0) is 25.4 Å². The van der Waals surface area contributed by atoms with Crippen molar-refractivity contribution in [2.45, 2.75) is 36.1 Å². The molecule has 1 aliphatic heterocycles. The van der Waals surface area contributed by atoms with Crippen LogP contribution in [0.5, 0.6) is 0 Å². The molecular weight excluding hydrogens is 354 g/mol. The van der Waals surface area contributed by atoms with Crippen molar-refractivity contribution < 1.29 is 28.2 Å². The van der Waals surface area contributed by atoms with Gasteiger partial charge in [-0.1, -0.05) is 17.8 Å². The fraction of sp³-hybridized carbons (Fsp3) is 0.667. The molecule has 0 bridgehead atoms. The second-order valence-corrected chi connectivity index (χ2v) is 7.39. The molecule has 0 aromatic rings. The van der Waals surface area contributed by atoms with E-state index in [4.69, 9.17) is 26.0 Å². The number of halogens is 1. The van der Waals surface area contributed by atoms with Gasteiger partial charge in [0.1, 0.15) is 0 Å². The molecule has 22 heavy (non-hydrogen) atoms. The maximum Gasteiger partial charge on any atom is 0.303 e. The van der Waals surface area contributed by atoms with Gasteiger partial charge >= 0.3 is 5.97 Å². The number of thioether (sulfide) groups is 1. The van der Waals surface area contributed by atoms with Gasteiger partial charge in [0, 0.05) is 19.3 Å². The number of hydrogen-bond acceptors (Lipinski definition) is 5. The molecule has 0 saturated carbocycles. The molecular formula is C12H18ClNO6S2. The number of carboxylic acid groups (broad SMARTS) is 1. The van der Waals surface area contributed by atoms with E-state index < -0.39 is 27.5 Å². The predicted octanol–water partition coefficient (Wildman–Crippen LogP) is 1.51. The van der Waals surface area contributed by atoms with E-state index in [1.54, 1.807) is 5.41 Å². The molecule has 0 radical (unpaired) electrons. The molecule has 1 rings (SSSR count). The quantitative estimate of drug-likeness (QED) is 0.231. The van der Waals surface area contributed by atoms with Crippen molar-refractivity contribution in [2.24, 2.45) is 0 Å². The first-order valence-corrected chi connectivity index (χ1v) is 9.13. The van der Waals surface area contributed by atoms with Crippen LogP contribution in [-0.4, -0.2) is 48.5 Å². The number of carbonyl (C=O) groups is 2. The van der Waals surface area contributed by atoms with Crippen molar-refractivity contribution in [1.82, 2.24) is 5.32 Å². The molecule has 0 spiro atoms. The maximum atomic E-state index is 11.9. The number of alkyl halides is 1. The first kappa shape index (κ1) is 19.4. The Bertz CT molecular complexity index is 451. The lowest BCUT2D eigenvalue weighted by Crippen LogP contribution is -2.47. The minimum atomic E-state index is -2.05. The minimum Gasteiger partial charge on any atom is -0.481 e. The monoisotopic (exact) mass is 371 g/mol. The van der Waals surface area contributed by atoms with Crippen LogP contribution in [0.1, 0.15) is 25.7 Å². The number of nitrogens with one attached hydrogen (secondary N) is 1. The summed E-state index contributed by atoms with van der Waals surface area (Å²) in [5, 5.41) is 11.4. The van der Waals surface area contributed by atoms with Crippen LogP contribution in [0.4, 0.5) is 0 Å². The molecule has 0 aliphatic carbocycles. The summed E-state index contributed by atoms with van der Waals surface area (Å²) in [6.45, 7) is 0.201. The summed E-state index contributed by atoms with van der Waals surface area (Å²) in [6, 6.07) is 0. The highest BCUT2D eigenvalue weighted by Crippen LogP contribution is 2.35. The van der Waals surface area contributed by atoms with Gasteiger partial charge in [-0.15, -0.1) is 11.6 Å². The van der Waals surface area contributed by atoms with Crippen LogP contribution >= 0.6 is 23.4 Å². The highest BCUT2D eigenvalue weighted by molar-refractivity contribution is 8.03. The van der Waals surface area contributed by atoms with E-state index in [9.17, 15) is 13.8 Å². The number of aliphatic carboxylic acids is 1. The molecule has 1 aliphatic rings. The first-order chi connectivity index (χ1) is 10.3. The Morgan fingerprint density at radius 3 is 2.82 bits per heavy atom. The van der Waals surface area contributed by atoms with Crippen LogP contribution in [0.15, 0.2) is 11.5 Å². The zero-order valence-corrected chi connectivity index (χ0v) is 14.1. The number of rotatable bonds is 10. The smallest absolute Gasteiger partial charge is 0.303 e. The molecule has 126 valence electrons. The number of carboxylic acids is 1. The van der Waals surface area contributed by atoms with E-state index >= 15 is 0 Å². The van der Waals surface area contributed by atoms with Crippen LogP contribution in [0.2, 0.25) is 0 Å². The van der Waals surface area contributed by atoms with E-state index in [0.717, 1.165) is 0 Å². The van der Waals surface area contributed by atoms with Gasteiger partial charge in [0.15, 0.2) is 16.1 Å². The van der Waals surface area contributed by atoms with Crippen molar-refractivity contribution in [3.05, 3.63) is 11.5 Å². The van der Waals surface area contributed by atoms with Gasteiger partial charge in [-0.05, 0) is 11.8 Å². The Morgan fingerprint density at radius 2 is 2.27 bits per heavy atom. The lowest BCUT2D eigenvalue weighted by Gasteiger charge is -2.29. The fourth-order valence-electron chi connectivity index (χ4n) is 1.76. The van der Waals surface area contributed by atoms with E-state index in [1.165, 1.54) is 11.8 Å². The molecule has 1 heterocycles. The van der Waals surface area contributed by atoms with E-state index in [2.05, 4.69) is 5.32 Å². The molecule has 0 fully saturated rings. The van der Waals surface area contributed by atoms with E-state index in [0.29, 0.717) is 12.8 Å². The Labute approximate surface area is 140 Å². The third kappa shape index (κ3) is 7.59. The normalized spacial score (nSPS) is 23.2. The molecule has 1 amide bonds. The average Bonchev–Trinajstić information content (AvgIpc) is 2.81. The topological polar surface area (TPSA) is 113 Å². The Hall–Kier alpha value is -0.610. The molecule has 0 aromatic carbocycles. The summed E-state index contributed by atoms with van der Waals surface area (Å²) < 4.78 is 25.0. The largest absolute Gasteiger partial charge is 0.481 e. The summed E-state index contributed by atoms with van der Waals surface area (Å²) in [4.78, 5) is 22.4. The predicted molar refractivity (Wildman–Crippen MR) is 84.9 cm³/mol. The van der Waals surface area contributed by atoms with Gasteiger partial charge in [-0.25, -0.2) is 4.21 Å². The van der Waals surface area contributed by atoms with Crippen molar-refractivity contribution >= 4 is 46.3 Å². The van der Waals surface area contributed by atoms with Crippen molar-refractivity contribution in [3.8, 4) is 0 Å². The third-order valence-electron chi connectivity index (χ3n) is 2.67. The molecule has 3 atom stereocenters. The fourth-order valence-corrected chi connectivity index (χ4v) is 3.58. The zero-order valence-electron chi connectivity index (χ0n) is 11.7. The van der Waals surface area contributed by atoms with Gasteiger partial charge in [0.05, 0.1) is 17.7 Å². The Balaban J connectivity index is 2.43. The molecule has 10 heteroatoms. The Morgan fingerprint density at radius 1 is 1.55 bits per heavy atom. The second-order valence-electron chi connectivity index (χ2n) is 4.63. The molecule has 3 unspecified atom stereocenters. The minimum absolute atomic E-state index is 0.00576. The lowest BCUT2D eigenvalue weighted by atomic mass is 10.3. The van der Waals surface area contributed by atoms with Gasteiger partial charge in [-0.2, -0.15) is 0 Å². The Kier molecular flexibility index (Phi) is 8.40. The van der Waals surface area contributed by atoms with Gasteiger partial charge in [-0.3, -0.25) is 9.59 Å². The molecule has 0 saturated heterocycles. The standard InChI is InChI=1S/C12H18ClNO6S2/c13-9(8-22(18)19)7-10(15)14-12(4-2-6-21-12)20-5-1-3-11(16)17/h2,6,9H,1,3-5,7-8H2,(H,14,15)(H,16,17)(H,18,19). The summed E-state index contributed by atoms with van der Waals surface area (Å²) >= 11 is 5.05. The van der Waals surface area contributed by atoms with Crippen molar-refractivity contribution in [3.63, 3.8) is 0 Å². The highest BCUT2D eigenvalue weighted by Gasteiger charge is 2.35. The number of hydrogen-bond donors (Lipinski definition) is 3. The summed E-state index contributed by atoms with van der Waals surface area (Å²) in [7, 11) is 0. The summed E-state index contributed by atoms with van der Waals surface area (Å²) in [5.74, 6) is -1.48. The van der Waals surface area contributed by atoms with Gasteiger partial charge in [0.2, 0.25) is 5.91 Å². The molecule has 3 N–H and O–H groups in total. The van der Waals surface area contributed by atoms with Gasteiger partial charge < -0.3 is 19.7 Å². The maximum absolute atomic E-state index is 11.9. The summed E-state index contributed by atoms with van der Waals surface area (Å²) in [6.07, 6.45) is 2.52. The van der Waals surface area contributed by atoms with E-state index in [1.807, 2.05) is 6.08 Å². The molecule has 0 aromatic heterocycles. The van der Waals surface area contributed by atoms with Crippen molar-refractivity contribution in [1.29, 1.82) is 0 Å². The van der Waals surface area contributed by atoms with Crippen molar-refractivity contribution in [2.75, 3.05) is 12.4 Å². The highest BCUT2D eigenvalue weighted by atomic mass is 35.5.